The van der Waals surface area contributed by atoms with Gasteiger partial charge in [-0.25, -0.2) is 0 Å². The number of benzene rings is 1. The Morgan fingerprint density at radius 2 is 2.14 bits per heavy atom. The Morgan fingerprint density at radius 1 is 1.50 bits per heavy atom. The van der Waals surface area contributed by atoms with Gasteiger partial charge in [0.05, 0.1) is 10.6 Å². The lowest BCUT2D eigenvalue weighted by atomic mass is 10.1. The Bertz CT molecular complexity index is 363. The summed E-state index contributed by atoms with van der Waals surface area (Å²) in [7, 11) is 3.72. The SMILES string of the molecule is CN(C)c1cccc(Cl)c1/C(N)=N/O. The van der Waals surface area contributed by atoms with Crippen LogP contribution in [0.25, 0.3) is 0 Å². The largest absolute Gasteiger partial charge is 0.409 e. The number of amidine groups is 1. The zero-order chi connectivity index (χ0) is 10.7. The Hall–Kier alpha value is -1.42. The molecule has 14 heavy (non-hydrogen) atoms. The van der Waals surface area contributed by atoms with E-state index in [9.17, 15) is 0 Å². The molecule has 0 saturated heterocycles. The van der Waals surface area contributed by atoms with Gasteiger partial charge in [-0.15, -0.1) is 0 Å². The third-order valence-electron chi connectivity index (χ3n) is 1.84. The molecule has 76 valence electrons. The van der Waals surface area contributed by atoms with E-state index < -0.39 is 0 Å². The number of nitrogens with zero attached hydrogens (tertiary/aromatic N) is 2. The van der Waals surface area contributed by atoms with Gasteiger partial charge in [0.1, 0.15) is 0 Å². The first-order valence-corrected chi connectivity index (χ1v) is 4.39. The van der Waals surface area contributed by atoms with Crippen molar-refractivity contribution in [3.8, 4) is 0 Å². The molecule has 0 heterocycles. The van der Waals surface area contributed by atoms with Crippen LogP contribution in [0.2, 0.25) is 5.02 Å². The molecular weight excluding hydrogens is 202 g/mol. The summed E-state index contributed by atoms with van der Waals surface area (Å²) in [6, 6.07) is 5.35. The van der Waals surface area contributed by atoms with Crippen LogP contribution in [0.3, 0.4) is 0 Å². The summed E-state index contributed by atoms with van der Waals surface area (Å²) in [5.74, 6) is 0.0132. The molecule has 0 aliphatic heterocycles. The maximum Gasteiger partial charge on any atom is 0.173 e. The highest BCUT2D eigenvalue weighted by Gasteiger charge is 2.12. The smallest absolute Gasteiger partial charge is 0.173 e. The van der Waals surface area contributed by atoms with E-state index in [4.69, 9.17) is 22.5 Å². The van der Waals surface area contributed by atoms with E-state index in [1.807, 2.05) is 31.1 Å². The normalized spacial score (nSPS) is 11.5. The maximum absolute atomic E-state index is 8.60. The highest BCUT2D eigenvalue weighted by molar-refractivity contribution is 6.34. The number of nitrogens with two attached hydrogens (primary N) is 1. The van der Waals surface area contributed by atoms with E-state index in [1.54, 1.807) is 6.07 Å². The van der Waals surface area contributed by atoms with E-state index in [0.717, 1.165) is 5.69 Å². The molecule has 0 amide bonds. The van der Waals surface area contributed by atoms with Gasteiger partial charge in [0, 0.05) is 19.8 Å². The fourth-order valence-corrected chi connectivity index (χ4v) is 1.46. The third-order valence-corrected chi connectivity index (χ3v) is 2.15. The molecule has 5 heteroatoms. The second-order valence-electron chi connectivity index (χ2n) is 3.01. The third kappa shape index (κ3) is 1.90. The fourth-order valence-electron chi connectivity index (χ4n) is 1.19. The van der Waals surface area contributed by atoms with Crippen molar-refractivity contribution < 1.29 is 5.21 Å². The first kappa shape index (κ1) is 10.7. The van der Waals surface area contributed by atoms with Crippen LogP contribution in [-0.2, 0) is 0 Å². The lowest BCUT2D eigenvalue weighted by molar-refractivity contribution is 0.318. The molecule has 0 radical (unpaired) electrons. The molecule has 0 unspecified atom stereocenters. The lowest BCUT2D eigenvalue weighted by Gasteiger charge is -2.17. The van der Waals surface area contributed by atoms with Crippen molar-refractivity contribution in [2.45, 2.75) is 0 Å². The summed E-state index contributed by atoms with van der Waals surface area (Å²) < 4.78 is 0. The number of rotatable bonds is 2. The summed E-state index contributed by atoms with van der Waals surface area (Å²) in [6.07, 6.45) is 0. The van der Waals surface area contributed by atoms with E-state index in [2.05, 4.69) is 5.16 Å². The molecular formula is C9H12ClN3O. The Balaban J connectivity index is 3.37. The molecule has 0 aliphatic rings. The molecule has 1 rings (SSSR count). The minimum absolute atomic E-state index is 0.0132. The first-order valence-electron chi connectivity index (χ1n) is 4.01. The van der Waals surface area contributed by atoms with Crippen LogP contribution in [0.15, 0.2) is 23.4 Å². The fraction of sp³-hybridized carbons (Fsp3) is 0.222. The van der Waals surface area contributed by atoms with Crippen molar-refractivity contribution in [3.63, 3.8) is 0 Å². The number of hydrogen-bond donors (Lipinski definition) is 2. The molecule has 0 aromatic heterocycles. The number of halogens is 1. The van der Waals surface area contributed by atoms with Crippen molar-refractivity contribution in [2.24, 2.45) is 10.9 Å². The zero-order valence-electron chi connectivity index (χ0n) is 8.03. The second-order valence-corrected chi connectivity index (χ2v) is 3.42. The molecule has 4 nitrogen and oxygen atoms in total. The highest BCUT2D eigenvalue weighted by atomic mass is 35.5. The van der Waals surface area contributed by atoms with Crippen LogP contribution in [0, 0.1) is 0 Å². The minimum atomic E-state index is 0.0132. The van der Waals surface area contributed by atoms with E-state index in [-0.39, 0.29) is 5.84 Å². The average molecular weight is 214 g/mol. The Labute approximate surface area is 87.6 Å². The number of oxime groups is 1. The lowest BCUT2D eigenvalue weighted by Crippen LogP contribution is -2.20. The van der Waals surface area contributed by atoms with Gasteiger partial charge in [-0.3, -0.25) is 0 Å². The van der Waals surface area contributed by atoms with Crippen LogP contribution >= 0.6 is 11.6 Å². The van der Waals surface area contributed by atoms with E-state index in [1.165, 1.54) is 0 Å². The van der Waals surface area contributed by atoms with Crippen LogP contribution in [-0.4, -0.2) is 25.1 Å². The van der Waals surface area contributed by atoms with Gasteiger partial charge in [-0.1, -0.05) is 22.8 Å². The molecule has 1 aromatic carbocycles. The van der Waals surface area contributed by atoms with Gasteiger partial charge in [0.2, 0.25) is 0 Å². The molecule has 3 N–H and O–H groups in total. The second kappa shape index (κ2) is 4.19. The van der Waals surface area contributed by atoms with Crippen molar-refractivity contribution in [1.29, 1.82) is 0 Å². The predicted octanol–water partition coefficient (Wildman–Crippen LogP) is 1.50. The monoisotopic (exact) mass is 213 g/mol. The zero-order valence-corrected chi connectivity index (χ0v) is 8.78. The van der Waals surface area contributed by atoms with E-state index in [0.29, 0.717) is 10.6 Å². The van der Waals surface area contributed by atoms with Gasteiger partial charge < -0.3 is 15.8 Å². The summed E-state index contributed by atoms with van der Waals surface area (Å²) in [5, 5.41) is 12.0. The maximum atomic E-state index is 8.60. The van der Waals surface area contributed by atoms with E-state index >= 15 is 0 Å². The molecule has 0 aliphatic carbocycles. The summed E-state index contributed by atoms with van der Waals surface area (Å²) >= 11 is 5.95. The van der Waals surface area contributed by atoms with Crippen LogP contribution in [0.5, 0.6) is 0 Å². The number of hydrogen-bond acceptors (Lipinski definition) is 3. The summed E-state index contributed by atoms with van der Waals surface area (Å²) in [6.45, 7) is 0. The minimum Gasteiger partial charge on any atom is -0.409 e. The van der Waals surface area contributed by atoms with Crippen molar-refractivity contribution in [1.82, 2.24) is 0 Å². The summed E-state index contributed by atoms with van der Waals surface area (Å²) in [5.41, 5.74) is 6.88. The molecule has 0 saturated carbocycles. The van der Waals surface area contributed by atoms with Crippen LogP contribution in [0.1, 0.15) is 5.56 Å². The van der Waals surface area contributed by atoms with Crippen molar-refractivity contribution in [3.05, 3.63) is 28.8 Å². The molecule has 0 spiro atoms. The van der Waals surface area contributed by atoms with Gasteiger partial charge in [0.15, 0.2) is 5.84 Å². The topological polar surface area (TPSA) is 61.8 Å². The van der Waals surface area contributed by atoms with Gasteiger partial charge in [-0.2, -0.15) is 0 Å². The van der Waals surface area contributed by atoms with Gasteiger partial charge >= 0.3 is 0 Å². The first-order chi connectivity index (χ1) is 6.57. The number of anilines is 1. The molecule has 0 bridgehead atoms. The highest BCUT2D eigenvalue weighted by Crippen LogP contribution is 2.25. The Kier molecular flexibility index (Phi) is 3.19. The summed E-state index contributed by atoms with van der Waals surface area (Å²) in [4.78, 5) is 1.85. The average Bonchev–Trinajstić information content (AvgIpc) is 2.16. The molecule has 0 atom stereocenters. The predicted molar refractivity (Wildman–Crippen MR) is 58.3 cm³/mol. The molecule has 0 fully saturated rings. The Morgan fingerprint density at radius 3 is 2.64 bits per heavy atom. The standard InChI is InChI=1S/C9H12ClN3O/c1-13(2)7-5-3-4-6(10)8(7)9(11)12-14/h3-5,14H,1-2H3,(H2,11,12). The van der Waals surface area contributed by atoms with Gasteiger partial charge in [0.25, 0.3) is 0 Å². The quantitative estimate of drug-likeness (QED) is 0.339. The van der Waals surface area contributed by atoms with Crippen LogP contribution < -0.4 is 10.6 Å². The van der Waals surface area contributed by atoms with Crippen molar-refractivity contribution >= 4 is 23.1 Å². The van der Waals surface area contributed by atoms with Crippen molar-refractivity contribution in [2.75, 3.05) is 19.0 Å². The molecule has 1 aromatic rings. The van der Waals surface area contributed by atoms with Gasteiger partial charge in [-0.05, 0) is 12.1 Å². The van der Waals surface area contributed by atoms with Crippen LogP contribution in [0.4, 0.5) is 5.69 Å².